The molecule has 0 amide bonds. The van der Waals surface area contributed by atoms with Crippen LogP contribution in [0.1, 0.15) is 22.3 Å². The van der Waals surface area contributed by atoms with Crippen molar-refractivity contribution in [1.82, 2.24) is 4.98 Å². The number of hydrogen-bond donors (Lipinski definition) is 1. The van der Waals surface area contributed by atoms with Gasteiger partial charge in [0.2, 0.25) is 0 Å². The second-order valence-electron chi connectivity index (χ2n) is 8.97. The first-order valence-electron chi connectivity index (χ1n) is 11.2. The fourth-order valence-electron chi connectivity index (χ4n) is 6.52. The lowest BCUT2D eigenvalue weighted by molar-refractivity contribution is 0.794. The molecular weight excluding hydrogens is 386 g/mol. The van der Waals surface area contributed by atoms with Crippen molar-refractivity contribution in [3.05, 3.63) is 131 Å². The zero-order valence-electron chi connectivity index (χ0n) is 17.4. The Balaban J connectivity index is 1.65. The maximum absolute atomic E-state index is 3.66. The molecule has 0 bridgehead atoms. The van der Waals surface area contributed by atoms with Crippen LogP contribution in [0.15, 0.2) is 109 Å². The molecule has 8 rings (SSSR count). The molecule has 1 spiro atoms. The van der Waals surface area contributed by atoms with Crippen molar-refractivity contribution in [3.63, 3.8) is 0 Å². The number of para-hydroxylation sites is 1. The first-order valence-corrected chi connectivity index (χ1v) is 11.2. The van der Waals surface area contributed by atoms with E-state index < -0.39 is 0 Å². The van der Waals surface area contributed by atoms with E-state index in [2.05, 4.69) is 114 Å². The number of benzene rings is 5. The van der Waals surface area contributed by atoms with E-state index in [-0.39, 0.29) is 5.41 Å². The van der Waals surface area contributed by atoms with Crippen LogP contribution in [-0.2, 0) is 5.41 Å². The predicted molar refractivity (Wildman–Crippen MR) is 132 cm³/mol. The monoisotopic (exact) mass is 405 g/mol. The van der Waals surface area contributed by atoms with Crippen LogP contribution in [0.5, 0.6) is 0 Å². The normalized spacial score (nSPS) is 14.5. The van der Waals surface area contributed by atoms with Gasteiger partial charge in [0.15, 0.2) is 0 Å². The third-order valence-corrected chi connectivity index (χ3v) is 7.63. The number of hydrogen-bond acceptors (Lipinski definition) is 0. The van der Waals surface area contributed by atoms with Crippen molar-refractivity contribution in [1.29, 1.82) is 0 Å². The van der Waals surface area contributed by atoms with Crippen molar-refractivity contribution in [2.75, 3.05) is 0 Å². The molecule has 0 saturated carbocycles. The second kappa shape index (κ2) is 5.57. The van der Waals surface area contributed by atoms with Crippen LogP contribution in [0.2, 0.25) is 0 Å². The van der Waals surface area contributed by atoms with Crippen LogP contribution in [0.25, 0.3) is 44.1 Å². The standard InChI is InChI=1S/C31H19N/c1-5-13-23-19(9-1)20-10-2-6-14-24(20)31(23)25-15-7-3-11-21(25)29-26(31)17-18-28-30(29)22-12-4-8-16-27(22)32-28/h1-18,32H. The first kappa shape index (κ1) is 16.6. The Morgan fingerprint density at radius 2 is 1.00 bits per heavy atom. The summed E-state index contributed by atoms with van der Waals surface area (Å²) < 4.78 is 0. The van der Waals surface area contributed by atoms with E-state index in [9.17, 15) is 0 Å². The van der Waals surface area contributed by atoms with Gasteiger partial charge in [-0.05, 0) is 56.6 Å². The average Bonchev–Trinajstić information content (AvgIpc) is 3.48. The van der Waals surface area contributed by atoms with Crippen LogP contribution in [0, 0.1) is 0 Å². The molecule has 2 aliphatic carbocycles. The van der Waals surface area contributed by atoms with E-state index in [0.717, 1.165) is 0 Å². The molecule has 0 unspecified atom stereocenters. The van der Waals surface area contributed by atoms with Crippen molar-refractivity contribution in [3.8, 4) is 22.3 Å². The van der Waals surface area contributed by atoms with Crippen LogP contribution in [0.3, 0.4) is 0 Å². The number of fused-ring (bicyclic) bond motifs is 14. The molecular formula is C31H19N. The Bertz CT molecular complexity index is 1690. The third-order valence-electron chi connectivity index (χ3n) is 7.63. The van der Waals surface area contributed by atoms with E-state index in [1.807, 2.05) is 0 Å². The minimum absolute atomic E-state index is 0.272. The van der Waals surface area contributed by atoms with Gasteiger partial charge >= 0.3 is 0 Å². The second-order valence-corrected chi connectivity index (χ2v) is 8.97. The van der Waals surface area contributed by atoms with Gasteiger partial charge in [0.1, 0.15) is 0 Å². The van der Waals surface area contributed by atoms with Crippen LogP contribution < -0.4 is 0 Å². The molecule has 1 N–H and O–H groups in total. The summed E-state index contributed by atoms with van der Waals surface area (Å²) in [5.41, 5.74) is 13.1. The van der Waals surface area contributed by atoms with Gasteiger partial charge in [0, 0.05) is 21.8 Å². The Labute approximate surface area is 186 Å². The van der Waals surface area contributed by atoms with Crippen molar-refractivity contribution < 1.29 is 0 Å². The van der Waals surface area contributed by atoms with Gasteiger partial charge in [-0.2, -0.15) is 0 Å². The highest BCUT2D eigenvalue weighted by atomic mass is 14.7. The van der Waals surface area contributed by atoms with Crippen LogP contribution in [-0.4, -0.2) is 4.98 Å². The lowest BCUT2D eigenvalue weighted by Crippen LogP contribution is -2.25. The Morgan fingerprint density at radius 3 is 1.72 bits per heavy atom. The molecule has 1 nitrogen and oxygen atoms in total. The van der Waals surface area contributed by atoms with Crippen molar-refractivity contribution in [2.45, 2.75) is 5.41 Å². The molecule has 0 atom stereocenters. The third kappa shape index (κ3) is 1.71. The summed E-state index contributed by atoms with van der Waals surface area (Å²) in [4.78, 5) is 3.66. The van der Waals surface area contributed by atoms with Gasteiger partial charge in [-0.1, -0.05) is 97.1 Å². The van der Waals surface area contributed by atoms with Gasteiger partial charge in [-0.3, -0.25) is 0 Å². The van der Waals surface area contributed by atoms with Crippen LogP contribution >= 0.6 is 0 Å². The van der Waals surface area contributed by atoms with Crippen molar-refractivity contribution >= 4 is 21.8 Å². The molecule has 5 aromatic carbocycles. The van der Waals surface area contributed by atoms with E-state index in [0.29, 0.717) is 0 Å². The number of H-pyrrole nitrogens is 1. The minimum Gasteiger partial charge on any atom is -0.354 e. The Morgan fingerprint density at radius 1 is 0.438 bits per heavy atom. The number of nitrogens with one attached hydrogen (secondary N) is 1. The molecule has 0 radical (unpaired) electrons. The maximum atomic E-state index is 3.66. The first-order chi connectivity index (χ1) is 15.9. The lowest BCUT2D eigenvalue weighted by Gasteiger charge is -2.30. The van der Waals surface area contributed by atoms with Gasteiger partial charge < -0.3 is 4.98 Å². The molecule has 0 aliphatic heterocycles. The molecule has 1 heterocycles. The number of aromatic amines is 1. The lowest BCUT2D eigenvalue weighted by atomic mass is 9.70. The summed E-state index contributed by atoms with van der Waals surface area (Å²) in [7, 11) is 0. The summed E-state index contributed by atoms with van der Waals surface area (Å²) in [5.74, 6) is 0. The molecule has 32 heavy (non-hydrogen) atoms. The molecule has 6 aromatic rings. The van der Waals surface area contributed by atoms with E-state index in [1.54, 1.807) is 0 Å². The van der Waals surface area contributed by atoms with E-state index in [4.69, 9.17) is 0 Å². The zero-order valence-corrected chi connectivity index (χ0v) is 17.4. The molecule has 0 fully saturated rings. The molecule has 148 valence electrons. The zero-order chi connectivity index (χ0) is 20.9. The fourth-order valence-corrected chi connectivity index (χ4v) is 6.52. The van der Waals surface area contributed by atoms with Gasteiger partial charge in [-0.15, -0.1) is 0 Å². The summed E-state index contributed by atoms with van der Waals surface area (Å²) in [6.45, 7) is 0. The van der Waals surface area contributed by atoms with E-state index >= 15 is 0 Å². The Hall–Kier alpha value is -4.10. The van der Waals surface area contributed by atoms with Crippen molar-refractivity contribution in [2.24, 2.45) is 0 Å². The van der Waals surface area contributed by atoms with Crippen LogP contribution in [0.4, 0.5) is 0 Å². The van der Waals surface area contributed by atoms with Gasteiger partial charge in [0.25, 0.3) is 0 Å². The number of rotatable bonds is 0. The smallest absolute Gasteiger partial charge is 0.0725 e. The molecule has 2 aliphatic rings. The molecule has 0 saturated heterocycles. The highest BCUT2D eigenvalue weighted by Gasteiger charge is 2.51. The summed E-state index contributed by atoms with van der Waals surface area (Å²) >= 11 is 0. The Kier molecular flexibility index (Phi) is 2.89. The summed E-state index contributed by atoms with van der Waals surface area (Å²) in [6, 6.07) is 40.3. The fraction of sp³-hybridized carbons (Fsp3) is 0.0323. The topological polar surface area (TPSA) is 15.8 Å². The average molecular weight is 406 g/mol. The highest BCUT2D eigenvalue weighted by Crippen LogP contribution is 2.63. The largest absolute Gasteiger partial charge is 0.354 e. The van der Waals surface area contributed by atoms with Gasteiger partial charge in [-0.25, -0.2) is 0 Å². The minimum atomic E-state index is -0.272. The van der Waals surface area contributed by atoms with E-state index in [1.165, 1.54) is 66.3 Å². The summed E-state index contributed by atoms with van der Waals surface area (Å²) in [6.07, 6.45) is 0. The molecule has 1 heteroatoms. The molecule has 1 aromatic heterocycles. The highest BCUT2D eigenvalue weighted by molar-refractivity contribution is 6.17. The predicted octanol–water partition coefficient (Wildman–Crippen LogP) is 7.66. The summed E-state index contributed by atoms with van der Waals surface area (Å²) in [5, 5.41) is 2.63. The maximum Gasteiger partial charge on any atom is 0.0725 e. The SMILES string of the molecule is c1ccc2c(c1)-c1ccccc1C21c2ccccc2-c2c1ccc1[nH]c3ccccc3c21. The van der Waals surface area contributed by atoms with Gasteiger partial charge in [0.05, 0.1) is 5.41 Å². The quantitative estimate of drug-likeness (QED) is 0.266. The number of aromatic nitrogens is 1.